The van der Waals surface area contributed by atoms with Crippen molar-refractivity contribution in [3.05, 3.63) is 34.7 Å². The number of nitrogens with zero attached hydrogens (tertiary/aromatic N) is 2. The highest BCUT2D eigenvalue weighted by Crippen LogP contribution is 2.24. The van der Waals surface area contributed by atoms with Crippen molar-refractivity contribution < 1.29 is 4.74 Å². The van der Waals surface area contributed by atoms with Crippen LogP contribution in [0.1, 0.15) is 5.01 Å². The van der Waals surface area contributed by atoms with Crippen molar-refractivity contribution in [2.24, 2.45) is 5.73 Å². The maximum atomic E-state index is 5.68. The second-order valence-electron chi connectivity index (χ2n) is 4.84. The molecular weight excluding hydrogens is 270 g/mol. The van der Waals surface area contributed by atoms with Crippen molar-refractivity contribution in [3.63, 3.8) is 0 Å². The molecule has 2 N–H and O–H groups in total. The highest BCUT2D eigenvalue weighted by molar-refractivity contribution is 7.09. The number of aromatic nitrogens is 1. The van der Waals surface area contributed by atoms with Crippen LogP contribution in [0.25, 0.3) is 11.3 Å². The Morgan fingerprint density at radius 3 is 2.65 bits per heavy atom. The summed E-state index contributed by atoms with van der Waals surface area (Å²) in [5, 5.41) is 3.17. The fourth-order valence-corrected chi connectivity index (χ4v) is 2.57. The number of hydrogen-bond acceptors (Lipinski definition) is 5. The summed E-state index contributed by atoms with van der Waals surface area (Å²) in [6.45, 7) is 2.26. The van der Waals surface area contributed by atoms with E-state index in [9.17, 15) is 0 Å². The predicted octanol–water partition coefficient (Wildman–Crippen LogP) is 2.25. The number of ether oxygens (including phenoxy) is 1. The molecule has 0 fully saturated rings. The molecule has 1 aromatic carbocycles. The molecule has 0 saturated carbocycles. The van der Waals surface area contributed by atoms with Gasteiger partial charge in [0.05, 0.1) is 10.7 Å². The second-order valence-corrected chi connectivity index (χ2v) is 5.78. The molecule has 108 valence electrons. The van der Waals surface area contributed by atoms with E-state index in [-0.39, 0.29) is 0 Å². The summed E-state index contributed by atoms with van der Waals surface area (Å²) < 4.78 is 5.68. The molecule has 1 aromatic heterocycles. The quantitative estimate of drug-likeness (QED) is 0.850. The van der Waals surface area contributed by atoms with Crippen LogP contribution in [-0.2, 0) is 6.42 Å². The molecule has 0 radical (unpaired) electrons. The standard InChI is InChI=1S/C15H21N3OS/c1-18(2)9-10-19-13-5-3-12(4-6-13)14-11-20-15(17-14)7-8-16/h3-6,11H,7-10,16H2,1-2H3. The lowest BCUT2D eigenvalue weighted by Gasteiger charge is -2.11. The van der Waals surface area contributed by atoms with Crippen LogP contribution in [0.2, 0.25) is 0 Å². The fourth-order valence-electron chi connectivity index (χ4n) is 1.75. The molecule has 0 aliphatic rings. The van der Waals surface area contributed by atoms with E-state index in [2.05, 4.69) is 15.3 Å². The average molecular weight is 291 g/mol. The summed E-state index contributed by atoms with van der Waals surface area (Å²) in [7, 11) is 4.07. The summed E-state index contributed by atoms with van der Waals surface area (Å²) in [6, 6.07) is 8.08. The van der Waals surface area contributed by atoms with E-state index >= 15 is 0 Å². The number of thiazole rings is 1. The Bertz CT molecular complexity index is 522. The molecule has 4 nitrogen and oxygen atoms in total. The second kappa shape index (κ2) is 7.38. The normalized spacial score (nSPS) is 11.0. The van der Waals surface area contributed by atoms with E-state index in [1.54, 1.807) is 11.3 Å². The Morgan fingerprint density at radius 2 is 2.00 bits per heavy atom. The van der Waals surface area contributed by atoms with E-state index < -0.39 is 0 Å². The van der Waals surface area contributed by atoms with Crippen molar-refractivity contribution in [2.75, 3.05) is 33.8 Å². The Balaban J connectivity index is 1.96. The van der Waals surface area contributed by atoms with Crippen LogP contribution in [0, 0.1) is 0 Å². The van der Waals surface area contributed by atoms with Crippen LogP contribution in [0.4, 0.5) is 0 Å². The van der Waals surface area contributed by atoms with Gasteiger partial charge in [-0.1, -0.05) is 0 Å². The van der Waals surface area contributed by atoms with Gasteiger partial charge in [0.2, 0.25) is 0 Å². The van der Waals surface area contributed by atoms with E-state index in [4.69, 9.17) is 10.5 Å². The van der Waals surface area contributed by atoms with Crippen molar-refractivity contribution in [1.82, 2.24) is 9.88 Å². The maximum absolute atomic E-state index is 5.68. The molecule has 5 heteroatoms. The van der Waals surface area contributed by atoms with Crippen LogP contribution in [0.5, 0.6) is 5.75 Å². The molecule has 0 aliphatic carbocycles. The van der Waals surface area contributed by atoms with Crippen molar-refractivity contribution >= 4 is 11.3 Å². The largest absolute Gasteiger partial charge is 0.492 e. The molecule has 0 amide bonds. The van der Waals surface area contributed by atoms with E-state index in [1.165, 1.54) is 0 Å². The van der Waals surface area contributed by atoms with Gasteiger partial charge in [-0.15, -0.1) is 11.3 Å². The van der Waals surface area contributed by atoms with E-state index in [1.807, 2.05) is 38.4 Å². The van der Waals surface area contributed by atoms with E-state index in [0.717, 1.165) is 35.0 Å². The number of likely N-dealkylation sites (N-methyl/N-ethyl adjacent to an activating group) is 1. The van der Waals surface area contributed by atoms with Gasteiger partial charge in [-0.2, -0.15) is 0 Å². The Labute approximate surface area is 124 Å². The minimum atomic E-state index is 0.644. The van der Waals surface area contributed by atoms with Gasteiger partial charge < -0.3 is 15.4 Å². The molecular formula is C15H21N3OS. The van der Waals surface area contributed by atoms with Crippen LogP contribution >= 0.6 is 11.3 Å². The fraction of sp³-hybridized carbons (Fsp3) is 0.400. The molecule has 0 spiro atoms. The van der Waals surface area contributed by atoms with Crippen molar-refractivity contribution in [1.29, 1.82) is 0 Å². The van der Waals surface area contributed by atoms with Gasteiger partial charge in [0.15, 0.2) is 0 Å². The molecule has 2 rings (SSSR count). The number of nitrogens with two attached hydrogens (primary N) is 1. The van der Waals surface area contributed by atoms with Crippen LogP contribution < -0.4 is 10.5 Å². The van der Waals surface area contributed by atoms with Crippen molar-refractivity contribution in [2.45, 2.75) is 6.42 Å². The molecule has 2 aromatic rings. The first-order valence-electron chi connectivity index (χ1n) is 6.71. The number of rotatable bonds is 7. The SMILES string of the molecule is CN(C)CCOc1ccc(-c2csc(CCN)n2)cc1. The Hall–Kier alpha value is -1.43. The first-order valence-corrected chi connectivity index (χ1v) is 7.59. The van der Waals surface area contributed by atoms with Crippen LogP contribution in [-0.4, -0.2) is 43.7 Å². The third-order valence-electron chi connectivity index (χ3n) is 2.87. The van der Waals surface area contributed by atoms with Gasteiger partial charge >= 0.3 is 0 Å². The smallest absolute Gasteiger partial charge is 0.119 e. The minimum Gasteiger partial charge on any atom is -0.492 e. The Kier molecular flexibility index (Phi) is 5.52. The van der Waals surface area contributed by atoms with Crippen LogP contribution in [0.3, 0.4) is 0 Å². The first kappa shape index (κ1) is 15.0. The third kappa shape index (κ3) is 4.30. The average Bonchev–Trinajstić information content (AvgIpc) is 2.88. The number of hydrogen-bond donors (Lipinski definition) is 1. The lowest BCUT2D eigenvalue weighted by Crippen LogP contribution is -2.19. The topological polar surface area (TPSA) is 51.4 Å². The van der Waals surface area contributed by atoms with Gasteiger partial charge in [0.1, 0.15) is 12.4 Å². The molecule has 0 bridgehead atoms. The summed E-state index contributed by atoms with van der Waals surface area (Å²) >= 11 is 1.66. The molecule has 20 heavy (non-hydrogen) atoms. The number of benzene rings is 1. The lowest BCUT2D eigenvalue weighted by molar-refractivity contribution is 0.261. The molecule has 0 atom stereocenters. The highest BCUT2D eigenvalue weighted by Gasteiger charge is 2.04. The zero-order chi connectivity index (χ0) is 14.4. The maximum Gasteiger partial charge on any atom is 0.119 e. The van der Waals surface area contributed by atoms with Crippen molar-refractivity contribution in [3.8, 4) is 17.0 Å². The molecule has 0 unspecified atom stereocenters. The zero-order valence-corrected chi connectivity index (χ0v) is 12.8. The van der Waals surface area contributed by atoms with Gasteiger partial charge in [-0.05, 0) is 44.9 Å². The van der Waals surface area contributed by atoms with Gasteiger partial charge in [0, 0.05) is 23.9 Å². The van der Waals surface area contributed by atoms with Gasteiger partial charge in [-0.25, -0.2) is 4.98 Å². The lowest BCUT2D eigenvalue weighted by atomic mass is 10.2. The molecule has 1 heterocycles. The monoisotopic (exact) mass is 291 g/mol. The summed E-state index contributed by atoms with van der Waals surface area (Å²) in [4.78, 5) is 6.68. The zero-order valence-electron chi connectivity index (χ0n) is 12.0. The predicted molar refractivity (Wildman–Crippen MR) is 84.4 cm³/mol. The third-order valence-corrected chi connectivity index (χ3v) is 3.78. The summed E-state index contributed by atoms with van der Waals surface area (Å²) in [5.74, 6) is 0.896. The first-order chi connectivity index (χ1) is 9.69. The summed E-state index contributed by atoms with van der Waals surface area (Å²) in [5.41, 5.74) is 7.67. The van der Waals surface area contributed by atoms with Gasteiger partial charge in [-0.3, -0.25) is 0 Å². The van der Waals surface area contributed by atoms with Gasteiger partial charge in [0.25, 0.3) is 0 Å². The van der Waals surface area contributed by atoms with Crippen LogP contribution in [0.15, 0.2) is 29.6 Å². The minimum absolute atomic E-state index is 0.644. The molecule has 0 aliphatic heterocycles. The highest BCUT2D eigenvalue weighted by atomic mass is 32.1. The van der Waals surface area contributed by atoms with E-state index in [0.29, 0.717) is 13.2 Å². The Morgan fingerprint density at radius 1 is 1.25 bits per heavy atom. The molecule has 0 saturated heterocycles. The summed E-state index contributed by atoms with van der Waals surface area (Å²) in [6.07, 6.45) is 0.844.